The highest BCUT2D eigenvalue weighted by Crippen LogP contribution is 2.34. The van der Waals surface area contributed by atoms with Crippen LogP contribution in [-0.2, 0) is 4.79 Å². The van der Waals surface area contributed by atoms with E-state index in [0.29, 0.717) is 12.1 Å². The topological polar surface area (TPSA) is 55.8 Å². The predicted molar refractivity (Wildman–Crippen MR) is 61.3 cm³/mol. The lowest BCUT2D eigenvalue weighted by molar-refractivity contribution is -0.275. The van der Waals surface area contributed by atoms with E-state index < -0.39 is 36.6 Å². The first-order chi connectivity index (χ1) is 9.96. The SMILES string of the molecule is O=C(O)/C=C/c1ccc(OCC(F)(F)F)c(OC(F)(F)F)c1. The number of carboxylic acid groups (broad SMARTS) is 1. The zero-order chi connectivity index (χ0) is 17.0. The number of alkyl halides is 6. The van der Waals surface area contributed by atoms with Crippen LogP contribution in [0.3, 0.4) is 0 Å². The summed E-state index contributed by atoms with van der Waals surface area (Å²) in [5.41, 5.74) is -0.0268. The van der Waals surface area contributed by atoms with Crippen molar-refractivity contribution in [2.24, 2.45) is 0 Å². The Kier molecular flexibility index (Phi) is 5.28. The second-order valence-electron chi connectivity index (χ2n) is 3.83. The van der Waals surface area contributed by atoms with Gasteiger partial charge in [-0.25, -0.2) is 4.79 Å². The third-order valence-corrected chi connectivity index (χ3v) is 2.00. The van der Waals surface area contributed by atoms with Crippen molar-refractivity contribution in [2.45, 2.75) is 12.5 Å². The highest BCUT2D eigenvalue weighted by atomic mass is 19.4. The Hall–Kier alpha value is -2.39. The standard InChI is InChI=1S/C12H8F6O4/c13-11(14,15)6-21-8-3-1-7(2-4-10(19)20)5-9(8)22-12(16,17)18/h1-5H,6H2,(H,19,20)/b4-2+. The second-order valence-corrected chi connectivity index (χ2v) is 3.83. The highest BCUT2D eigenvalue weighted by molar-refractivity contribution is 5.85. The Morgan fingerprint density at radius 1 is 1.14 bits per heavy atom. The van der Waals surface area contributed by atoms with Crippen molar-refractivity contribution in [1.82, 2.24) is 0 Å². The summed E-state index contributed by atoms with van der Waals surface area (Å²) in [4.78, 5) is 10.3. The van der Waals surface area contributed by atoms with Crippen LogP contribution in [0.5, 0.6) is 11.5 Å². The maximum atomic E-state index is 12.2. The third kappa shape index (κ3) is 6.86. The van der Waals surface area contributed by atoms with Gasteiger partial charge in [0, 0.05) is 6.08 Å². The van der Waals surface area contributed by atoms with Gasteiger partial charge in [0.1, 0.15) is 0 Å². The van der Waals surface area contributed by atoms with Crippen molar-refractivity contribution in [1.29, 1.82) is 0 Å². The number of carbonyl (C=O) groups is 1. The first-order valence-electron chi connectivity index (χ1n) is 5.46. The number of benzene rings is 1. The molecule has 0 heterocycles. The van der Waals surface area contributed by atoms with Gasteiger partial charge in [-0.3, -0.25) is 0 Å². The van der Waals surface area contributed by atoms with Crippen LogP contribution >= 0.6 is 0 Å². The van der Waals surface area contributed by atoms with Gasteiger partial charge >= 0.3 is 18.5 Å². The Balaban J connectivity index is 3.06. The first-order valence-corrected chi connectivity index (χ1v) is 5.46. The van der Waals surface area contributed by atoms with E-state index in [2.05, 4.69) is 9.47 Å². The van der Waals surface area contributed by atoms with Gasteiger partial charge in [0.25, 0.3) is 0 Å². The number of aliphatic carboxylic acids is 1. The van der Waals surface area contributed by atoms with Crippen molar-refractivity contribution in [3.63, 3.8) is 0 Å². The average molecular weight is 330 g/mol. The Labute approximate surface area is 119 Å². The molecule has 0 aromatic heterocycles. The van der Waals surface area contributed by atoms with E-state index in [1.807, 2.05) is 0 Å². The minimum atomic E-state index is -5.15. The van der Waals surface area contributed by atoms with Crippen molar-refractivity contribution < 1.29 is 45.7 Å². The van der Waals surface area contributed by atoms with Crippen molar-refractivity contribution >= 4 is 12.0 Å². The fraction of sp³-hybridized carbons (Fsp3) is 0.250. The lowest BCUT2D eigenvalue weighted by Crippen LogP contribution is -2.21. The fourth-order valence-corrected chi connectivity index (χ4v) is 1.28. The molecule has 0 amide bonds. The Morgan fingerprint density at radius 3 is 2.27 bits per heavy atom. The molecule has 22 heavy (non-hydrogen) atoms. The molecule has 0 saturated heterocycles. The van der Waals surface area contributed by atoms with Crippen LogP contribution in [0.1, 0.15) is 5.56 Å². The van der Waals surface area contributed by atoms with Gasteiger partial charge in [-0.15, -0.1) is 13.2 Å². The maximum Gasteiger partial charge on any atom is 0.573 e. The van der Waals surface area contributed by atoms with Crippen LogP contribution in [0.15, 0.2) is 24.3 Å². The van der Waals surface area contributed by atoms with E-state index >= 15 is 0 Å². The van der Waals surface area contributed by atoms with E-state index in [1.54, 1.807) is 0 Å². The number of rotatable bonds is 5. The molecule has 1 aromatic rings. The molecule has 0 atom stereocenters. The monoisotopic (exact) mass is 330 g/mol. The fourth-order valence-electron chi connectivity index (χ4n) is 1.28. The molecule has 0 aliphatic rings. The predicted octanol–water partition coefficient (Wildman–Crippen LogP) is 3.62. The van der Waals surface area contributed by atoms with Gasteiger partial charge in [0.05, 0.1) is 0 Å². The van der Waals surface area contributed by atoms with Gasteiger partial charge in [-0.05, 0) is 23.8 Å². The molecule has 0 aliphatic carbocycles. The molecular weight excluding hydrogens is 322 g/mol. The van der Waals surface area contributed by atoms with E-state index in [1.165, 1.54) is 0 Å². The Morgan fingerprint density at radius 2 is 1.77 bits per heavy atom. The normalized spacial score (nSPS) is 12.5. The number of halogens is 6. The molecule has 0 unspecified atom stereocenters. The number of hydrogen-bond donors (Lipinski definition) is 1. The van der Waals surface area contributed by atoms with Gasteiger partial charge in [-0.1, -0.05) is 6.07 Å². The van der Waals surface area contributed by atoms with Gasteiger partial charge < -0.3 is 14.6 Å². The lowest BCUT2D eigenvalue weighted by Gasteiger charge is -2.15. The maximum absolute atomic E-state index is 12.2. The average Bonchev–Trinajstić information content (AvgIpc) is 2.32. The molecule has 0 saturated carbocycles. The summed E-state index contributed by atoms with van der Waals surface area (Å²) < 4.78 is 80.6. The summed E-state index contributed by atoms with van der Waals surface area (Å²) in [5, 5.41) is 8.41. The number of ether oxygens (including phenoxy) is 2. The molecule has 1 rings (SSSR count). The van der Waals surface area contributed by atoms with E-state index in [4.69, 9.17) is 5.11 Å². The second kappa shape index (κ2) is 6.58. The molecule has 1 N–H and O–H groups in total. The number of carboxylic acids is 1. The zero-order valence-corrected chi connectivity index (χ0v) is 10.5. The zero-order valence-electron chi connectivity index (χ0n) is 10.5. The summed E-state index contributed by atoms with van der Waals surface area (Å²) in [6.07, 6.45) is -8.30. The molecule has 1 aromatic carbocycles. The molecule has 122 valence electrons. The minimum absolute atomic E-state index is 0.0268. The minimum Gasteiger partial charge on any atom is -0.480 e. The molecule has 0 bridgehead atoms. The molecule has 4 nitrogen and oxygen atoms in total. The van der Waals surface area contributed by atoms with E-state index in [0.717, 1.165) is 18.2 Å². The van der Waals surface area contributed by atoms with Crippen LogP contribution in [0.25, 0.3) is 6.08 Å². The third-order valence-electron chi connectivity index (χ3n) is 2.00. The van der Waals surface area contributed by atoms with E-state index in [9.17, 15) is 31.1 Å². The lowest BCUT2D eigenvalue weighted by atomic mass is 10.2. The van der Waals surface area contributed by atoms with Gasteiger partial charge in [0.2, 0.25) is 0 Å². The summed E-state index contributed by atoms with van der Waals surface area (Å²) in [6.45, 7) is -1.80. The number of hydrogen-bond acceptors (Lipinski definition) is 3. The summed E-state index contributed by atoms with van der Waals surface area (Å²) in [6, 6.07) is 2.60. The molecular formula is C12H8F6O4. The van der Waals surface area contributed by atoms with Gasteiger partial charge in [0.15, 0.2) is 18.1 Å². The molecule has 0 spiro atoms. The largest absolute Gasteiger partial charge is 0.573 e. The van der Waals surface area contributed by atoms with Crippen molar-refractivity contribution in [3.05, 3.63) is 29.8 Å². The highest BCUT2D eigenvalue weighted by Gasteiger charge is 2.34. The van der Waals surface area contributed by atoms with Crippen LogP contribution in [0.4, 0.5) is 26.3 Å². The van der Waals surface area contributed by atoms with Crippen molar-refractivity contribution in [3.8, 4) is 11.5 Å². The quantitative estimate of drug-likeness (QED) is 0.662. The molecule has 0 fully saturated rings. The first kappa shape index (κ1) is 17.7. The van der Waals surface area contributed by atoms with Crippen LogP contribution < -0.4 is 9.47 Å². The molecule has 10 heteroatoms. The van der Waals surface area contributed by atoms with Crippen LogP contribution in [-0.4, -0.2) is 30.2 Å². The van der Waals surface area contributed by atoms with Crippen LogP contribution in [0.2, 0.25) is 0 Å². The van der Waals surface area contributed by atoms with Crippen molar-refractivity contribution in [2.75, 3.05) is 6.61 Å². The van der Waals surface area contributed by atoms with Gasteiger partial charge in [-0.2, -0.15) is 13.2 Å². The summed E-state index contributed by atoms with van der Waals surface area (Å²) in [7, 11) is 0. The molecule has 0 aliphatic heterocycles. The summed E-state index contributed by atoms with van der Waals surface area (Å²) in [5.74, 6) is -3.14. The smallest absolute Gasteiger partial charge is 0.480 e. The van der Waals surface area contributed by atoms with Crippen LogP contribution in [0, 0.1) is 0 Å². The van der Waals surface area contributed by atoms with E-state index in [-0.39, 0.29) is 5.56 Å². The summed E-state index contributed by atoms with van der Waals surface area (Å²) >= 11 is 0. The Bertz CT molecular complexity index is 562. The molecule has 0 radical (unpaired) electrons.